The first-order valence-electron chi connectivity index (χ1n) is 11.1. The molecule has 5 nitrogen and oxygen atoms in total. The largest absolute Gasteiger partial charge is 0.322 e. The van der Waals surface area contributed by atoms with Crippen molar-refractivity contribution in [3.05, 3.63) is 94.3 Å². The first kappa shape index (κ1) is 25.0. The summed E-state index contributed by atoms with van der Waals surface area (Å²) in [7, 11) is 0. The number of carbonyl (C=O) groups is 2. The number of halogens is 1. The van der Waals surface area contributed by atoms with Gasteiger partial charge in [0.15, 0.2) is 5.13 Å². The second-order valence-electron chi connectivity index (χ2n) is 7.79. The van der Waals surface area contributed by atoms with E-state index in [-0.39, 0.29) is 17.1 Å². The van der Waals surface area contributed by atoms with Crippen molar-refractivity contribution in [3.8, 4) is 11.3 Å². The summed E-state index contributed by atoms with van der Waals surface area (Å²) in [5.74, 6) is -0.341. The smallest absolute Gasteiger partial charge is 0.255 e. The molecule has 1 aromatic heterocycles. The van der Waals surface area contributed by atoms with E-state index in [9.17, 15) is 9.59 Å². The molecule has 1 unspecified atom stereocenters. The highest BCUT2D eigenvalue weighted by Gasteiger charge is 2.20. The Labute approximate surface area is 218 Å². The predicted molar refractivity (Wildman–Crippen MR) is 147 cm³/mol. The maximum absolute atomic E-state index is 13.0. The number of nitrogens with zero attached hydrogens (tertiary/aromatic N) is 1. The van der Waals surface area contributed by atoms with E-state index in [4.69, 9.17) is 11.6 Å². The Bertz CT molecular complexity index is 1340. The summed E-state index contributed by atoms with van der Waals surface area (Å²) in [6.07, 6.45) is 0.644. The molecule has 3 aromatic carbocycles. The number of hydrogen-bond acceptors (Lipinski definition) is 5. The van der Waals surface area contributed by atoms with Crippen LogP contribution in [0.15, 0.2) is 83.8 Å². The van der Waals surface area contributed by atoms with Crippen molar-refractivity contribution >= 4 is 57.3 Å². The minimum absolute atomic E-state index is 0.0979. The summed E-state index contributed by atoms with van der Waals surface area (Å²) in [4.78, 5) is 32.2. The van der Waals surface area contributed by atoms with Crippen LogP contribution in [0.2, 0.25) is 5.02 Å². The monoisotopic (exact) mass is 521 g/mol. The fourth-order valence-corrected chi connectivity index (χ4v) is 5.51. The average Bonchev–Trinajstić information content (AvgIpc) is 3.23. The van der Waals surface area contributed by atoms with Crippen molar-refractivity contribution in [1.29, 1.82) is 0 Å². The molecular weight excluding hydrogens is 498 g/mol. The van der Waals surface area contributed by atoms with E-state index in [1.165, 1.54) is 23.1 Å². The zero-order valence-corrected chi connectivity index (χ0v) is 21.6. The van der Waals surface area contributed by atoms with Gasteiger partial charge in [-0.25, -0.2) is 4.98 Å². The number of benzene rings is 3. The van der Waals surface area contributed by atoms with Crippen molar-refractivity contribution in [1.82, 2.24) is 4.98 Å². The molecular formula is C27H24ClN3O2S2. The normalized spacial score (nSPS) is 11.6. The van der Waals surface area contributed by atoms with Gasteiger partial charge in [0.05, 0.1) is 10.9 Å². The molecule has 178 valence electrons. The van der Waals surface area contributed by atoms with Gasteiger partial charge in [-0.3, -0.25) is 9.59 Å². The van der Waals surface area contributed by atoms with Crippen molar-refractivity contribution in [2.45, 2.75) is 30.4 Å². The van der Waals surface area contributed by atoms with Gasteiger partial charge in [-0.2, -0.15) is 0 Å². The third-order valence-electron chi connectivity index (χ3n) is 5.19. The third-order valence-corrected chi connectivity index (χ3v) is 7.67. The van der Waals surface area contributed by atoms with Crippen molar-refractivity contribution in [3.63, 3.8) is 0 Å². The molecule has 4 rings (SSSR count). The third kappa shape index (κ3) is 6.51. The van der Waals surface area contributed by atoms with E-state index in [1.54, 1.807) is 24.3 Å². The SMILES string of the molecule is CCC(Sc1cccc(NC(=O)c2cccc(Cl)c2)c1)C(=O)Nc1nc(-c2ccccc2)c(C)s1. The summed E-state index contributed by atoms with van der Waals surface area (Å²) in [5, 5.41) is 6.66. The number of aryl methyl sites for hydroxylation is 1. The van der Waals surface area contributed by atoms with E-state index in [2.05, 4.69) is 15.6 Å². The Balaban J connectivity index is 1.42. The van der Waals surface area contributed by atoms with E-state index in [0.717, 1.165) is 21.0 Å². The minimum atomic E-state index is -0.307. The topological polar surface area (TPSA) is 71.1 Å². The predicted octanol–water partition coefficient (Wildman–Crippen LogP) is 7.53. The first-order chi connectivity index (χ1) is 16.9. The lowest BCUT2D eigenvalue weighted by Crippen LogP contribution is -2.24. The van der Waals surface area contributed by atoms with E-state index >= 15 is 0 Å². The highest BCUT2D eigenvalue weighted by Crippen LogP contribution is 2.32. The van der Waals surface area contributed by atoms with Crippen molar-refractivity contribution in [2.24, 2.45) is 0 Å². The van der Waals surface area contributed by atoms with Gasteiger partial charge in [0, 0.05) is 31.6 Å². The van der Waals surface area contributed by atoms with Gasteiger partial charge in [-0.1, -0.05) is 61.0 Å². The van der Waals surface area contributed by atoms with E-state index < -0.39 is 0 Å². The molecule has 1 heterocycles. The van der Waals surface area contributed by atoms with Crippen LogP contribution in [-0.4, -0.2) is 22.0 Å². The molecule has 1 atom stereocenters. The lowest BCUT2D eigenvalue weighted by Gasteiger charge is -2.14. The van der Waals surface area contributed by atoms with Crippen LogP contribution in [0.3, 0.4) is 0 Å². The van der Waals surface area contributed by atoms with Crippen LogP contribution in [0, 0.1) is 6.92 Å². The van der Waals surface area contributed by atoms with Gasteiger partial charge >= 0.3 is 0 Å². The van der Waals surface area contributed by atoms with Gasteiger partial charge < -0.3 is 10.6 Å². The number of carbonyl (C=O) groups excluding carboxylic acids is 2. The summed E-state index contributed by atoms with van der Waals surface area (Å²) in [5.41, 5.74) is 3.04. The number of anilines is 2. The van der Waals surface area contributed by atoms with Crippen LogP contribution in [0.5, 0.6) is 0 Å². The molecule has 2 amide bonds. The molecule has 35 heavy (non-hydrogen) atoms. The second kappa shape index (κ2) is 11.5. The maximum Gasteiger partial charge on any atom is 0.255 e. The quantitative estimate of drug-likeness (QED) is 0.235. The number of nitrogens with one attached hydrogen (secondary N) is 2. The number of aromatic nitrogens is 1. The molecule has 2 N–H and O–H groups in total. The molecule has 0 aliphatic heterocycles. The number of rotatable bonds is 8. The molecule has 8 heteroatoms. The molecule has 0 saturated heterocycles. The zero-order chi connectivity index (χ0) is 24.8. The number of thiazole rings is 1. The number of thioether (sulfide) groups is 1. The van der Waals surface area contributed by atoms with E-state index in [0.29, 0.717) is 27.8 Å². The number of hydrogen-bond donors (Lipinski definition) is 2. The molecule has 0 radical (unpaired) electrons. The van der Waals surface area contributed by atoms with Crippen LogP contribution >= 0.6 is 34.7 Å². The van der Waals surface area contributed by atoms with Gasteiger partial charge in [0.25, 0.3) is 5.91 Å². The number of amides is 2. The summed E-state index contributed by atoms with van der Waals surface area (Å²) in [6.45, 7) is 3.98. The molecule has 0 spiro atoms. The van der Waals surface area contributed by atoms with Crippen LogP contribution in [0.4, 0.5) is 10.8 Å². The van der Waals surface area contributed by atoms with Gasteiger partial charge in [-0.05, 0) is 49.7 Å². The molecule has 0 aliphatic carbocycles. The average molecular weight is 522 g/mol. The van der Waals surface area contributed by atoms with Crippen LogP contribution in [-0.2, 0) is 4.79 Å². The van der Waals surface area contributed by atoms with Crippen LogP contribution in [0.25, 0.3) is 11.3 Å². The van der Waals surface area contributed by atoms with Gasteiger partial charge in [0.2, 0.25) is 5.91 Å². The Hall–Kier alpha value is -3.13. The fraction of sp³-hybridized carbons (Fsp3) is 0.148. The molecule has 0 saturated carbocycles. The van der Waals surface area contributed by atoms with Crippen LogP contribution < -0.4 is 10.6 Å². The molecule has 0 fully saturated rings. The first-order valence-corrected chi connectivity index (χ1v) is 13.2. The summed E-state index contributed by atoms with van der Waals surface area (Å²) >= 11 is 8.92. The second-order valence-corrected chi connectivity index (χ2v) is 10.7. The summed E-state index contributed by atoms with van der Waals surface area (Å²) in [6, 6.07) is 24.2. The Morgan fingerprint density at radius 1 is 1.00 bits per heavy atom. The lowest BCUT2D eigenvalue weighted by atomic mass is 10.1. The highest BCUT2D eigenvalue weighted by atomic mass is 35.5. The van der Waals surface area contributed by atoms with Gasteiger partial charge in [0.1, 0.15) is 0 Å². The maximum atomic E-state index is 13.0. The Kier molecular flexibility index (Phi) is 8.23. The van der Waals surface area contributed by atoms with Crippen molar-refractivity contribution < 1.29 is 9.59 Å². The van der Waals surface area contributed by atoms with E-state index in [1.807, 2.05) is 68.4 Å². The van der Waals surface area contributed by atoms with Crippen LogP contribution in [0.1, 0.15) is 28.6 Å². The molecule has 0 bridgehead atoms. The Morgan fingerprint density at radius 3 is 2.51 bits per heavy atom. The Morgan fingerprint density at radius 2 is 1.77 bits per heavy atom. The highest BCUT2D eigenvalue weighted by molar-refractivity contribution is 8.00. The minimum Gasteiger partial charge on any atom is -0.322 e. The molecule has 0 aliphatic rings. The lowest BCUT2D eigenvalue weighted by molar-refractivity contribution is -0.115. The zero-order valence-electron chi connectivity index (χ0n) is 19.2. The molecule has 4 aromatic rings. The van der Waals surface area contributed by atoms with Crippen molar-refractivity contribution in [2.75, 3.05) is 10.6 Å². The standard InChI is InChI=1S/C27H24ClN3O2S2/c1-3-23(26(33)31-27-30-24(17(2)34-27)18-9-5-4-6-10-18)35-22-14-8-13-21(16-22)29-25(32)19-11-7-12-20(28)15-19/h4-16,23H,3H2,1-2H3,(H,29,32)(H,30,31,33). The fourth-order valence-electron chi connectivity index (χ4n) is 3.47. The summed E-state index contributed by atoms with van der Waals surface area (Å²) < 4.78 is 0. The van der Waals surface area contributed by atoms with Gasteiger partial charge in [-0.15, -0.1) is 23.1 Å².